The molecule has 0 aliphatic heterocycles. The van der Waals surface area contributed by atoms with Gasteiger partial charge in [0.05, 0.1) is 6.54 Å². The fraction of sp³-hybridized carbons (Fsp3) is 0.412. The second kappa shape index (κ2) is 11.4. The SMILES string of the molecule is CCNC(=NCc1ccc(CC)s1)NCCc1ccccn1.I. The monoisotopic (exact) mass is 444 g/mol. The van der Waals surface area contributed by atoms with Crippen molar-refractivity contribution in [3.63, 3.8) is 0 Å². The molecule has 0 amide bonds. The van der Waals surface area contributed by atoms with E-state index in [1.165, 1.54) is 9.75 Å². The van der Waals surface area contributed by atoms with Crippen molar-refractivity contribution in [2.75, 3.05) is 13.1 Å². The third kappa shape index (κ3) is 7.30. The molecule has 2 aromatic rings. The summed E-state index contributed by atoms with van der Waals surface area (Å²) >= 11 is 1.84. The largest absolute Gasteiger partial charge is 0.357 e. The predicted octanol–water partition coefficient (Wildman–Crippen LogP) is 3.62. The molecule has 2 rings (SSSR count). The summed E-state index contributed by atoms with van der Waals surface area (Å²) in [4.78, 5) is 11.7. The fourth-order valence-electron chi connectivity index (χ4n) is 2.05. The van der Waals surface area contributed by atoms with Gasteiger partial charge >= 0.3 is 0 Å². The van der Waals surface area contributed by atoms with Gasteiger partial charge in [-0.1, -0.05) is 13.0 Å². The van der Waals surface area contributed by atoms with E-state index < -0.39 is 0 Å². The lowest BCUT2D eigenvalue weighted by molar-refractivity contribution is 0.789. The highest BCUT2D eigenvalue weighted by molar-refractivity contribution is 14.0. The number of aryl methyl sites for hydroxylation is 1. The molecule has 2 heterocycles. The van der Waals surface area contributed by atoms with E-state index in [0.29, 0.717) is 0 Å². The Bertz CT molecular complexity index is 583. The average Bonchev–Trinajstić information content (AvgIpc) is 3.02. The first kappa shape index (κ1) is 19.9. The molecule has 6 heteroatoms. The highest BCUT2D eigenvalue weighted by Crippen LogP contribution is 2.17. The van der Waals surface area contributed by atoms with Gasteiger partial charge in [0.25, 0.3) is 0 Å². The minimum atomic E-state index is 0. The Morgan fingerprint density at radius 1 is 1.13 bits per heavy atom. The van der Waals surface area contributed by atoms with Crippen molar-refractivity contribution in [3.8, 4) is 0 Å². The van der Waals surface area contributed by atoms with E-state index in [9.17, 15) is 0 Å². The highest BCUT2D eigenvalue weighted by atomic mass is 127. The molecule has 0 fully saturated rings. The van der Waals surface area contributed by atoms with Crippen LogP contribution in [0.25, 0.3) is 0 Å². The summed E-state index contributed by atoms with van der Waals surface area (Å²) in [6.45, 7) is 6.68. The van der Waals surface area contributed by atoms with Crippen molar-refractivity contribution < 1.29 is 0 Å². The van der Waals surface area contributed by atoms with E-state index in [1.54, 1.807) is 0 Å². The smallest absolute Gasteiger partial charge is 0.191 e. The molecule has 0 aliphatic carbocycles. The van der Waals surface area contributed by atoms with Crippen LogP contribution < -0.4 is 10.6 Å². The maximum Gasteiger partial charge on any atom is 0.191 e. The zero-order valence-corrected chi connectivity index (χ0v) is 16.9. The summed E-state index contributed by atoms with van der Waals surface area (Å²) in [6.07, 6.45) is 3.82. The van der Waals surface area contributed by atoms with Crippen LogP contribution in [0.2, 0.25) is 0 Å². The number of aromatic nitrogens is 1. The van der Waals surface area contributed by atoms with Gasteiger partial charge in [0.1, 0.15) is 0 Å². The van der Waals surface area contributed by atoms with Gasteiger partial charge in [-0.3, -0.25) is 4.98 Å². The Hall–Kier alpha value is -1.15. The number of rotatable bonds is 7. The Labute approximate surface area is 159 Å². The molecule has 2 N–H and O–H groups in total. The van der Waals surface area contributed by atoms with Crippen LogP contribution >= 0.6 is 35.3 Å². The van der Waals surface area contributed by atoms with Crippen molar-refractivity contribution in [1.29, 1.82) is 0 Å². The molecule has 0 saturated carbocycles. The van der Waals surface area contributed by atoms with Crippen LogP contribution in [0.15, 0.2) is 41.5 Å². The molecule has 0 aliphatic rings. The third-order valence-corrected chi connectivity index (χ3v) is 4.42. The van der Waals surface area contributed by atoms with Crippen molar-refractivity contribution in [3.05, 3.63) is 52.0 Å². The Kier molecular flexibility index (Phi) is 9.86. The van der Waals surface area contributed by atoms with Crippen molar-refractivity contribution >= 4 is 41.3 Å². The van der Waals surface area contributed by atoms with Gasteiger partial charge in [-0.05, 0) is 37.6 Å². The van der Waals surface area contributed by atoms with E-state index in [1.807, 2.05) is 35.7 Å². The maximum atomic E-state index is 4.65. The van der Waals surface area contributed by atoms with Crippen LogP contribution in [0.4, 0.5) is 0 Å². The van der Waals surface area contributed by atoms with Gasteiger partial charge < -0.3 is 10.6 Å². The van der Waals surface area contributed by atoms with Gasteiger partial charge in [0.15, 0.2) is 5.96 Å². The quantitative estimate of drug-likeness (QED) is 0.390. The van der Waals surface area contributed by atoms with Crippen LogP contribution in [0.3, 0.4) is 0 Å². The van der Waals surface area contributed by atoms with E-state index in [2.05, 4.69) is 46.6 Å². The molecule has 0 saturated heterocycles. The first-order chi connectivity index (χ1) is 10.8. The van der Waals surface area contributed by atoms with E-state index in [-0.39, 0.29) is 24.0 Å². The summed E-state index contributed by atoms with van der Waals surface area (Å²) in [5.74, 6) is 0.866. The topological polar surface area (TPSA) is 49.3 Å². The van der Waals surface area contributed by atoms with Crippen LogP contribution in [0.1, 0.15) is 29.3 Å². The first-order valence-electron chi connectivity index (χ1n) is 7.81. The second-order valence-corrected chi connectivity index (χ2v) is 6.17. The van der Waals surface area contributed by atoms with E-state index in [4.69, 9.17) is 0 Å². The van der Waals surface area contributed by atoms with Crippen LogP contribution in [0, 0.1) is 0 Å². The summed E-state index contributed by atoms with van der Waals surface area (Å²) in [6, 6.07) is 10.4. The Balaban J connectivity index is 0.00000264. The molecular weight excluding hydrogens is 419 g/mol. The lowest BCUT2D eigenvalue weighted by atomic mass is 10.3. The van der Waals surface area contributed by atoms with Crippen molar-refractivity contribution in [1.82, 2.24) is 15.6 Å². The minimum absolute atomic E-state index is 0. The lowest BCUT2D eigenvalue weighted by Crippen LogP contribution is -2.38. The Morgan fingerprint density at radius 3 is 2.61 bits per heavy atom. The summed E-state index contributed by atoms with van der Waals surface area (Å²) < 4.78 is 0. The fourth-order valence-corrected chi connectivity index (χ4v) is 2.93. The summed E-state index contributed by atoms with van der Waals surface area (Å²) in [5, 5.41) is 6.65. The zero-order chi connectivity index (χ0) is 15.6. The van der Waals surface area contributed by atoms with E-state index >= 15 is 0 Å². The molecular formula is C17H25IN4S. The third-order valence-electron chi connectivity index (χ3n) is 3.20. The molecule has 0 atom stereocenters. The Morgan fingerprint density at radius 2 is 1.96 bits per heavy atom. The molecule has 2 aromatic heterocycles. The minimum Gasteiger partial charge on any atom is -0.357 e. The number of nitrogens with one attached hydrogen (secondary N) is 2. The molecule has 0 unspecified atom stereocenters. The average molecular weight is 444 g/mol. The number of thiophene rings is 1. The molecule has 0 radical (unpaired) electrons. The molecule has 4 nitrogen and oxygen atoms in total. The van der Waals surface area contributed by atoms with E-state index in [0.717, 1.165) is 44.1 Å². The first-order valence-corrected chi connectivity index (χ1v) is 8.63. The van der Waals surface area contributed by atoms with Crippen LogP contribution in [-0.2, 0) is 19.4 Å². The van der Waals surface area contributed by atoms with Gasteiger partial charge in [-0.25, -0.2) is 4.99 Å². The molecule has 23 heavy (non-hydrogen) atoms. The van der Waals surface area contributed by atoms with Gasteiger partial charge in [0.2, 0.25) is 0 Å². The number of halogens is 1. The zero-order valence-electron chi connectivity index (χ0n) is 13.7. The number of hydrogen-bond acceptors (Lipinski definition) is 3. The number of nitrogens with zero attached hydrogens (tertiary/aromatic N) is 2. The van der Waals surface area contributed by atoms with Gasteiger partial charge in [0, 0.05) is 41.2 Å². The van der Waals surface area contributed by atoms with Crippen molar-refractivity contribution in [2.24, 2.45) is 4.99 Å². The number of pyridine rings is 1. The molecule has 0 spiro atoms. The second-order valence-electron chi connectivity index (χ2n) is 4.91. The number of guanidine groups is 1. The van der Waals surface area contributed by atoms with Crippen LogP contribution in [0.5, 0.6) is 0 Å². The predicted molar refractivity (Wildman–Crippen MR) is 110 cm³/mol. The standard InChI is InChI=1S/C17H24N4S.HI/c1-3-15-8-9-16(22-15)13-21-17(18-4-2)20-12-10-14-7-5-6-11-19-14;/h5-9,11H,3-4,10,12-13H2,1-2H3,(H2,18,20,21);1H. The summed E-state index contributed by atoms with van der Waals surface area (Å²) in [7, 11) is 0. The molecule has 0 bridgehead atoms. The van der Waals surface area contributed by atoms with Crippen LogP contribution in [-0.4, -0.2) is 24.0 Å². The van der Waals surface area contributed by atoms with Crippen molar-refractivity contribution in [2.45, 2.75) is 33.2 Å². The summed E-state index contributed by atoms with van der Waals surface area (Å²) in [5.41, 5.74) is 1.09. The number of aliphatic imine (C=N–C) groups is 1. The maximum absolute atomic E-state index is 4.65. The number of hydrogen-bond donors (Lipinski definition) is 2. The lowest BCUT2D eigenvalue weighted by Gasteiger charge is -2.10. The molecule has 0 aromatic carbocycles. The van der Waals surface area contributed by atoms with Gasteiger partial charge in [-0.15, -0.1) is 35.3 Å². The molecule has 126 valence electrons. The highest BCUT2D eigenvalue weighted by Gasteiger charge is 2.01. The normalized spacial score (nSPS) is 11.0. The van der Waals surface area contributed by atoms with Gasteiger partial charge in [-0.2, -0.15) is 0 Å².